The molecule has 0 bridgehead atoms. The normalized spacial score (nSPS) is 13.4. The van der Waals surface area contributed by atoms with Gasteiger partial charge >= 0.3 is 0 Å². The lowest BCUT2D eigenvalue weighted by atomic mass is 10.1. The molecule has 13 heavy (non-hydrogen) atoms. The Bertz CT molecular complexity index is 283. The molecule has 0 radical (unpaired) electrons. The molecule has 1 atom stereocenters. The summed E-state index contributed by atoms with van der Waals surface area (Å²) in [4.78, 5) is 0. The topological polar surface area (TPSA) is 26.0 Å². The molecule has 72 valence electrons. The van der Waals surface area contributed by atoms with E-state index in [0.29, 0.717) is 0 Å². The third kappa shape index (κ3) is 2.60. The third-order valence-electron chi connectivity index (χ3n) is 1.54. The average Bonchev–Trinajstić information content (AvgIpc) is 2.01. The highest BCUT2D eigenvalue weighted by Gasteiger charge is 2.18. The average molecular weight is 210 g/mol. The van der Waals surface area contributed by atoms with Crippen molar-refractivity contribution in [1.82, 2.24) is 0 Å². The summed E-state index contributed by atoms with van der Waals surface area (Å²) in [7, 11) is 0. The second kappa shape index (κ2) is 3.98. The minimum Gasteiger partial charge on any atom is -0.319 e. The Morgan fingerprint density at radius 1 is 1.23 bits per heavy atom. The summed E-state index contributed by atoms with van der Waals surface area (Å²) >= 11 is 5.46. The van der Waals surface area contributed by atoms with Crippen LogP contribution in [0.3, 0.4) is 0 Å². The Labute approximate surface area is 78.3 Å². The first-order chi connectivity index (χ1) is 6.00. The van der Waals surface area contributed by atoms with Crippen molar-refractivity contribution in [2.24, 2.45) is 5.73 Å². The van der Waals surface area contributed by atoms with Crippen molar-refractivity contribution < 1.29 is 13.2 Å². The third-order valence-corrected chi connectivity index (χ3v) is 1.76. The monoisotopic (exact) mass is 209 g/mol. The second-order valence-corrected chi connectivity index (χ2v) is 3.00. The predicted molar refractivity (Wildman–Crippen MR) is 44.3 cm³/mol. The molecule has 0 fully saturated rings. The first kappa shape index (κ1) is 10.3. The van der Waals surface area contributed by atoms with Crippen molar-refractivity contribution in [2.45, 2.75) is 12.5 Å². The zero-order valence-corrected chi connectivity index (χ0v) is 7.23. The summed E-state index contributed by atoms with van der Waals surface area (Å²) in [6.07, 6.45) is -2.72. The standard InChI is InChI=1S/C8H7ClF3N/c9-5-1-4(2-6(10)3-5)7(13)8(11)12/h1-3,7-8H,13H2/t7-/m1/s1. The van der Waals surface area contributed by atoms with Gasteiger partial charge in [0.05, 0.1) is 6.04 Å². The molecule has 0 heterocycles. The molecule has 0 spiro atoms. The van der Waals surface area contributed by atoms with Gasteiger partial charge in [0, 0.05) is 5.02 Å². The lowest BCUT2D eigenvalue weighted by Crippen LogP contribution is -2.18. The smallest absolute Gasteiger partial charge is 0.257 e. The molecule has 0 saturated heterocycles. The molecular weight excluding hydrogens is 203 g/mol. The maximum absolute atomic E-state index is 12.7. The van der Waals surface area contributed by atoms with Crippen molar-refractivity contribution in [3.05, 3.63) is 34.6 Å². The van der Waals surface area contributed by atoms with Crippen LogP contribution in [-0.4, -0.2) is 6.43 Å². The van der Waals surface area contributed by atoms with E-state index in [9.17, 15) is 13.2 Å². The quantitative estimate of drug-likeness (QED) is 0.796. The second-order valence-electron chi connectivity index (χ2n) is 2.56. The highest BCUT2D eigenvalue weighted by atomic mass is 35.5. The van der Waals surface area contributed by atoms with E-state index in [1.165, 1.54) is 6.07 Å². The van der Waals surface area contributed by atoms with Crippen molar-refractivity contribution in [3.8, 4) is 0 Å². The Morgan fingerprint density at radius 2 is 1.85 bits per heavy atom. The van der Waals surface area contributed by atoms with Gasteiger partial charge in [-0.25, -0.2) is 13.2 Å². The molecule has 2 N–H and O–H groups in total. The number of nitrogens with two attached hydrogens (primary N) is 1. The van der Waals surface area contributed by atoms with E-state index in [1.54, 1.807) is 0 Å². The zero-order chi connectivity index (χ0) is 10.0. The summed E-state index contributed by atoms with van der Waals surface area (Å²) < 4.78 is 36.8. The molecule has 0 aliphatic rings. The van der Waals surface area contributed by atoms with Crippen LogP contribution in [0.5, 0.6) is 0 Å². The summed E-state index contributed by atoms with van der Waals surface area (Å²) in [6.45, 7) is 0. The van der Waals surface area contributed by atoms with E-state index in [-0.39, 0.29) is 10.6 Å². The maximum Gasteiger partial charge on any atom is 0.257 e. The molecule has 0 unspecified atom stereocenters. The van der Waals surface area contributed by atoms with Crippen molar-refractivity contribution in [1.29, 1.82) is 0 Å². The highest BCUT2D eigenvalue weighted by molar-refractivity contribution is 6.30. The van der Waals surface area contributed by atoms with Gasteiger partial charge < -0.3 is 5.73 Å². The minimum atomic E-state index is -2.72. The molecule has 0 aliphatic heterocycles. The van der Waals surface area contributed by atoms with Gasteiger partial charge in [-0.15, -0.1) is 0 Å². The van der Waals surface area contributed by atoms with Gasteiger partial charge in [0.1, 0.15) is 5.82 Å². The van der Waals surface area contributed by atoms with Gasteiger partial charge in [0.2, 0.25) is 0 Å². The fraction of sp³-hybridized carbons (Fsp3) is 0.250. The van der Waals surface area contributed by atoms with Gasteiger partial charge in [0.15, 0.2) is 0 Å². The van der Waals surface area contributed by atoms with Gasteiger partial charge in [-0.1, -0.05) is 11.6 Å². The molecule has 1 aromatic rings. The van der Waals surface area contributed by atoms with E-state index in [1.807, 2.05) is 0 Å². The van der Waals surface area contributed by atoms with Crippen LogP contribution in [0, 0.1) is 5.82 Å². The first-order valence-corrected chi connectivity index (χ1v) is 3.88. The number of hydrogen-bond acceptors (Lipinski definition) is 1. The molecule has 1 rings (SSSR count). The number of rotatable bonds is 2. The van der Waals surface area contributed by atoms with Crippen LogP contribution >= 0.6 is 11.6 Å². The van der Waals surface area contributed by atoms with Gasteiger partial charge in [-0.2, -0.15) is 0 Å². The zero-order valence-electron chi connectivity index (χ0n) is 6.48. The van der Waals surface area contributed by atoms with Crippen LogP contribution in [-0.2, 0) is 0 Å². The maximum atomic E-state index is 12.7. The fourth-order valence-electron chi connectivity index (χ4n) is 0.913. The van der Waals surface area contributed by atoms with Crippen LogP contribution in [0.2, 0.25) is 5.02 Å². The minimum absolute atomic E-state index is 0.000000000000000222. The van der Waals surface area contributed by atoms with Crippen molar-refractivity contribution in [3.63, 3.8) is 0 Å². The molecule has 1 nitrogen and oxygen atoms in total. The van der Waals surface area contributed by atoms with Crippen LogP contribution in [0.25, 0.3) is 0 Å². The Morgan fingerprint density at radius 3 is 2.31 bits per heavy atom. The number of alkyl halides is 2. The number of hydrogen-bond donors (Lipinski definition) is 1. The van der Waals surface area contributed by atoms with Gasteiger partial charge in [0.25, 0.3) is 6.43 Å². The fourth-order valence-corrected chi connectivity index (χ4v) is 1.14. The van der Waals surface area contributed by atoms with Crippen molar-refractivity contribution in [2.75, 3.05) is 0 Å². The molecule has 0 amide bonds. The van der Waals surface area contributed by atoms with Crippen molar-refractivity contribution >= 4 is 11.6 Å². The Balaban J connectivity index is 3.01. The summed E-state index contributed by atoms with van der Waals surface area (Å²) in [6, 6.07) is 1.71. The first-order valence-electron chi connectivity index (χ1n) is 3.50. The van der Waals surface area contributed by atoms with E-state index in [0.717, 1.165) is 12.1 Å². The van der Waals surface area contributed by atoms with Crippen LogP contribution in [0.15, 0.2) is 18.2 Å². The van der Waals surface area contributed by atoms with E-state index in [2.05, 4.69) is 0 Å². The SMILES string of the molecule is N[C@H](c1cc(F)cc(Cl)c1)C(F)F. The van der Waals surface area contributed by atoms with Crippen LogP contribution in [0.1, 0.15) is 11.6 Å². The van der Waals surface area contributed by atoms with Gasteiger partial charge in [-0.05, 0) is 23.8 Å². The van der Waals surface area contributed by atoms with Crippen LogP contribution < -0.4 is 5.73 Å². The molecule has 0 saturated carbocycles. The summed E-state index contributed by atoms with van der Waals surface area (Å²) in [5, 5.41) is 0.0612. The van der Waals surface area contributed by atoms with Crippen LogP contribution in [0.4, 0.5) is 13.2 Å². The Hall–Kier alpha value is -0.740. The molecule has 0 aromatic heterocycles. The largest absolute Gasteiger partial charge is 0.319 e. The molecular formula is C8H7ClF3N. The molecule has 0 aliphatic carbocycles. The predicted octanol–water partition coefficient (Wildman–Crippen LogP) is 2.74. The summed E-state index contributed by atoms with van der Waals surface area (Å²) in [5.41, 5.74) is 5.10. The highest BCUT2D eigenvalue weighted by Crippen LogP contribution is 2.22. The molecule has 1 aromatic carbocycles. The summed E-state index contributed by atoms with van der Waals surface area (Å²) in [5.74, 6) is -0.668. The van der Waals surface area contributed by atoms with Gasteiger partial charge in [-0.3, -0.25) is 0 Å². The number of halogens is 4. The Kier molecular flexibility index (Phi) is 3.17. The van der Waals surface area contributed by atoms with E-state index < -0.39 is 18.3 Å². The lowest BCUT2D eigenvalue weighted by Gasteiger charge is -2.10. The lowest BCUT2D eigenvalue weighted by molar-refractivity contribution is 0.116. The molecule has 5 heteroatoms. The number of benzene rings is 1. The van der Waals surface area contributed by atoms with E-state index >= 15 is 0 Å². The van der Waals surface area contributed by atoms with E-state index in [4.69, 9.17) is 17.3 Å².